The zero-order valence-electron chi connectivity index (χ0n) is 18.2. The van der Waals surface area contributed by atoms with Gasteiger partial charge in [0, 0.05) is 11.2 Å². The van der Waals surface area contributed by atoms with Gasteiger partial charge in [-0.3, -0.25) is 9.48 Å². The molecule has 33 heavy (non-hydrogen) atoms. The van der Waals surface area contributed by atoms with Gasteiger partial charge < -0.3 is 14.5 Å². The van der Waals surface area contributed by atoms with Crippen molar-refractivity contribution < 1.29 is 13.9 Å². The predicted molar refractivity (Wildman–Crippen MR) is 129 cm³/mol. The fraction of sp³-hybridized carbons (Fsp3) is 0.200. The zero-order valence-corrected chi connectivity index (χ0v) is 19.7. The van der Waals surface area contributed by atoms with E-state index in [0.29, 0.717) is 28.3 Å². The molecule has 4 rings (SSSR count). The van der Waals surface area contributed by atoms with Crippen molar-refractivity contribution in [2.24, 2.45) is 0 Å². The van der Waals surface area contributed by atoms with Crippen molar-refractivity contribution in [3.63, 3.8) is 0 Å². The molecule has 1 amide bonds. The molecule has 0 fully saturated rings. The second-order valence-corrected chi connectivity index (χ2v) is 8.66. The number of nitrogens with zero attached hydrogens (tertiary/aromatic N) is 2. The average molecular weight is 484 g/mol. The number of carbonyl (C=O) groups is 1. The lowest BCUT2D eigenvalue weighted by Gasteiger charge is -2.08. The molecule has 0 aliphatic rings. The quantitative estimate of drug-likeness (QED) is 0.299. The van der Waals surface area contributed by atoms with Gasteiger partial charge >= 0.3 is 0 Å². The van der Waals surface area contributed by atoms with Crippen LogP contribution in [0.25, 0.3) is 0 Å². The predicted octanol–water partition coefficient (Wildman–Crippen LogP) is 6.79. The summed E-state index contributed by atoms with van der Waals surface area (Å²) in [7, 11) is 0. The van der Waals surface area contributed by atoms with Gasteiger partial charge in [0.2, 0.25) is 0 Å². The average Bonchev–Trinajstić information content (AvgIpc) is 3.41. The van der Waals surface area contributed by atoms with Crippen molar-refractivity contribution in [3.05, 3.63) is 99.6 Å². The van der Waals surface area contributed by atoms with Crippen LogP contribution in [0.3, 0.4) is 0 Å². The van der Waals surface area contributed by atoms with E-state index in [9.17, 15) is 4.79 Å². The van der Waals surface area contributed by atoms with E-state index < -0.39 is 5.91 Å². The van der Waals surface area contributed by atoms with Crippen molar-refractivity contribution in [2.75, 3.05) is 5.32 Å². The Hall–Kier alpha value is -3.22. The van der Waals surface area contributed by atoms with Crippen LogP contribution in [-0.2, 0) is 13.2 Å². The first kappa shape index (κ1) is 23.0. The summed E-state index contributed by atoms with van der Waals surface area (Å²) in [6, 6.07) is 18.7. The van der Waals surface area contributed by atoms with Gasteiger partial charge in [0.05, 0.1) is 6.54 Å². The Morgan fingerprint density at radius 1 is 1.06 bits per heavy atom. The van der Waals surface area contributed by atoms with Crippen molar-refractivity contribution in [2.45, 2.75) is 32.9 Å². The number of furan rings is 1. The van der Waals surface area contributed by atoms with Crippen LogP contribution in [0.2, 0.25) is 10.0 Å². The summed E-state index contributed by atoms with van der Waals surface area (Å²) < 4.78 is 13.0. The number of nitrogens with one attached hydrogen (secondary N) is 1. The van der Waals surface area contributed by atoms with Crippen LogP contribution >= 0.6 is 23.2 Å². The molecule has 0 aliphatic heterocycles. The van der Waals surface area contributed by atoms with Crippen LogP contribution in [0.5, 0.6) is 5.75 Å². The van der Waals surface area contributed by atoms with Crippen molar-refractivity contribution >= 4 is 34.9 Å². The molecule has 0 saturated heterocycles. The van der Waals surface area contributed by atoms with Gasteiger partial charge in [-0.15, -0.1) is 0 Å². The largest absolute Gasteiger partial charge is 0.486 e. The second kappa shape index (κ2) is 10.1. The van der Waals surface area contributed by atoms with Crippen molar-refractivity contribution in [1.29, 1.82) is 0 Å². The normalized spacial score (nSPS) is 11.1. The summed E-state index contributed by atoms with van der Waals surface area (Å²) in [6.45, 7) is 4.92. The molecule has 2 heterocycles. The Morgan fingerprint density at radius 2 is 1.82 bits per heavy atom. The smallest absolute Gasteiger partial charge is 0.292 e. The zero-order chi connectivity index (χ0) is 23.4. The number of amides is 1. The summed E-state index contributed by atoms with van der Waals surface area (Å²) in [6.07, 6.45) is 1.63. The Labute approximate surface area is 202 Å². The minimum absolute atomic E-state index is 0.139. The first-order chi connectivity index (χ1) is 15.9. The summed E-state index contributed by atoms with van der Waals surface area (Å²) in [4.78, 5) is 12.6. The number of ether oxygens (including phenoxy) is 1. The highest BCUT2D eigenvalue weighted by atomic mass is 35.5. The molecule has 170 valence electrons. The number of aromatic nitrogens is 2. The minimum atomic E-state index is -0.451. The molecule has 0 aliphatic carbocycles. The van der Waals surface area contributed by atoms with Crippen LogP contribution in [0.1, 0.15) is 47.2 Å². The highest BCUT2D eigenvalue weighted by molar-refractivity contribution is 6.33. The monoisotopic (exact) mass is 483 g/mol. The third kappa shape index (κ3) is 5.78. The van der Waals surface area contributed by atoms with Crippen LogP contribution < -0.4 is 10.1 Å². The number of anilines is 1. The van der Waals surface area contributed by atoms with E-state index in [4.69, 9.17) is 32.4 Å². The first-order valence-corrected chi connectivity index (χ1v) is 11.2. The fourth-order valence-corrected chi connectivity index (χ4v) is 3.61. The summed E-state index contributed by atoms with van der Waals surface area (Å²) in [5.74, 6) is 1.66. The third-order valence-corrected chi connectivity index (χ3v) is 5.70. The van der Waals surface area contributed by atoms with Gasteiger partial charge in [-0.1, -0.05) is 67.4 Å². The molecule has 6 nitrogen and oxygen atoms in total. The van der Waals surface area contributed by atoms with Gasteiger partial charge in [0.25, 0.3) is 5.91 Å². The Balaban J connectivity index is 1.35. The lowest BCUT2D eigenvalue weighted by atomic mass is 10.0. The Morgan fingerprint density at radius 3 is 2.55 bits per heavy atom. The lowest BCUT2D eigenvalue weighted by molar-refractivity contribution is 0.0992. The van der Waals surface area contributed by atoms with E-state index >= 15 is 0 Å². The number of halogens is 2. The van der Waals surface area contributed by atoms with E-state index in [-0.39, 0.29) is 18.2 Å². The van der Waals surface area contributed by atoms with Gasteiger partial charge in [0.1, 0.15) is 23.1 Å². The standard InChI is InChI=1S/C25H23Cl2N3O3/c1-16(2)17-7-9-19(10-8-17)32-15-20-11-12-23(33-20)25(31)28-24-22(27)14-30(29-24)13-18-5-3-4-6-21(18)26/h3-12,14,16H,13,15H2,1-2H3,(H,28,29,31). The molecule has 2 aromatic heterocycles. The first-order valence-electron chi connectivity index (χ1n) is 10.5. The molecule has 0 unspecified atom stereocenters. The van der Waals surface area contributed by atoms with Crippen LogP contribution in [0.4, 0.5) is 5.82 Å². The number of carbonyl (C=O) groups excluding carboxylic acids is 1. The summed E-state index contributed by atoms with van der Waals surface area (Å²) in [5, 5.41) is 7.97. The molecule has 0 radical (unpaired) electrons. The van der Waals surface area contributed by atoms with E-state index in [0.717, 1.165) is 11.3 Å². The lowest BCUT2D eigenvalue weighted by Crippen LogP contribution is -2.12. The van der Waals surface area contributed by atoms with Gasteiger partial charge in [-0.25, -0.2) is 0 Å². The second-order valence-electron chi connectivity index (χ2n) is 7.85. The van der Waals surface area contributed by atoms with Crippen molar-refractivity contribution in [3.8, 4) is 5.75 Å². The fourth-order valence-electron chi connectivity index (χ4n) is 3.21. The molecule has 4 aromatic rings. The molecule has 8 heteroatoms. The highest BCUT2D eigenvalue weighted by Crippen LogP contribution is 2.24. The number of rotatable bonds is 8. The maximum absolute atomic E-state index is 12.6. The minimum Gasteiger partial charge on any atom is -0.486 e. The number of hydrogen-bond donors (Lipinski definition) is 1. The molecular weight excluding hydrogens is 461 g/mol. The van der Waals surface area contributed by atoms with Crippen molar-refractivity contribution in [1.82, 2.24) is 9.78 Å². The van der Waals surface area contributed by atoms with Gasteiger partial charge in [0.15, 0.2) is 11.6 Å². The van der Waals surface area contributed by atoms with Crippen LogP contribution in [-0.4, -0.2) is 15.7 Å². The third-order valence-electron chi connectivity index (χ3n) is 5.05. The summed E-state index contributed by atoms with van der Waals surface area (Å²) in [5.41, 5.74) is 2.14. The van der Waals surface area contributed by atoms with Crippen LogP contribution in [0.15, 0.2) is 71.3 Å². The number of hydrogen-bond acceptors (Lipinski definition) is 4. The van der Waals surface area contributed by atoms with E-state index in [1.54, 1.807) is 23.0 Å². The van der Waals surface area contributed by atoms with Crippen LogP contribution in [0, 0.1) is 0 Å². The van der Waals surface area contributed by atoms with Gasteiger partial charge in [-0.05, 0) is 47.4 Å². The molecule has 0 spiro atoms. The van der Waals surface area contributed by atoms with E-state index in [1.807, 2.05) is 48.5 Å². The van der Waals surface area contributed by atoms with E-state index in [1.165, 1.54) is 5.56 Å². The highest BCUT2D eigenvalue weighted by Gasteiger charge is 2.16. The SMILES string of the molecule is CC(C)c1ccc(OCc2ccc(C(=O)Nc3nn(Cc4ccccc4Cl)cc3Cl)o2)cc1. The maximum atomic E-state index is 12.6. The molecule has 0 bridgehead atoms. The van der Waals surface area contributed by atoms with Gasteiger partial charge in [-0.2, -0.15) is 5.10 Å². The molecule has 1 N–H and O–H groups in total. The molecule has 0 saturated carbocycles. The Bertz CT molecular complexity index is 1250. The summed E-state index contributed by atoms with van der Waals surface area (Å²) >= 11 is 12.5. The molecule has 2 aromatic carbocycles. The topological polar surface area (TPSA) is 69.3 Å². The number of benzene rings is 2. The van der Waals surface area contributed by atoms with E-state index in [2.05, 4.69) is 24.3 Å². The molecule has 0 atom stereocenters. The maximum Gasteiger partial charge on any atom is 0.292 e. The molecular formula is C25H23Cl2N3O3. The Kier molecular flexibility index (Phi) is 7.06.